The molecule has 0 aliphatic rings. The highest BCUT2D eigenvalue weighted by atomic mass is 79.9. The third-order valence-electron chi connectivity index (χ3n) is 3.81. The van der Waals surface area contributed by atoms with E-state index in [2.05, 4.69) is 33.2 Å². The van der Waals surface area contributed by atoms with E-state index in [1.807, 2.05) is 30.3 Å². The van der Waals surface area contributed by atoms with Crippen LogP contribution in [0.3, 0.4) is 0 Å². The summed E-state index contributed by atoms with van der Waals surface area (Å²) in [5.41, 5.74) is 0.725. The Balaban J connectivity index is 2.06. The normalized spacial score (nSPS) is 11.5. The Bertz CT molecular complexity index is 968. The molecule has 0 radical (unpaired) electrons. The van der Waals surface area contributed by atoms with Crippen LogP contribution in [0, 0.1) is 0 Å². The number of oxazole rings is 1. The van der Waals surface area contributed by atoms with Crippen molar-refractivity contribution in [1.29, 1.82) is 0 Å². The fourth-order valence-electron chi connectivity index (χ4n) is 2.41. The smallest absolute Gasteiger partial charge is 0.233 e. The standard InChI is InChI=1S/C19H19BrN2O3S/c1-2-3-13-21-18-19(22-17(25-18)14-7-5-4-6-8-14)26(23,24)16-11-9-15(20)10-12-16/h4-12,21H,2-3,13H2,1H3. The number of anilines is 1. The molecule has 3 rings (SSSR count). The van der Waals surface area contributed by atoms with E-state index in [1.54, 1.807) is 24.3 Å². The van der Waals surface area contributed by atoms with E-state index in [0.29, 0.717) is 6.54 Å². The van der Waals surface area contributed by atoms with Gasteiger partial charge in [0.2, 0.25) is 26.6 Å². The van der Waals surface area contributed by atoms with Crippen molar-refractivity contribution < 1.29 is 12.8 Å². The highest BCUT2D eigenvalue weighted by Crippen LogP contribution is 2.32. The summed E-state index contributed by atoms with van der Waals surface area (Å²) in [6, 6.07) is 15.7. The molecule has 0 spiro atoms. The predicted octanol–water partition coefficient (Wildman–Crippen LogP) is 5.15. The van der Waals surface area contributed by atoms with Crippen molar-refractivity contribution in [3.05, 3.63) is 59.1 Å². The van der Waals surface area contributed by atoms with Crippen LogP contribution in [0.15, 0.2) is 73.4 Å². The topological polar surface area (TPSA) is 72.2 Å². The van der Waals surface area contributed by atoms with E-state index in [1.165, 1.54) is 0 Å². The Morgan fingerprint density at radius 3 is 2.42 bits per heavy atom. The summed E-state index contributed by atoms with van der Waals surface area (Å²) >= 11 is 3.32. The molecular weight excluding hydrogens is 416 g/mol. The Morgan fingerprint density at radius 1 is 1.08 bits per heavy atom. The van der Waals surface area contributed by atoms with Crippen molar-refractivity contribution in [2.45, 2.75) is 29.7 Å². The third kappa shape index (κ3) is 3.99. The number of aromatic nitrogens is 1. The van der Waals surface area contributed by atoms with Gasteiger partial charge >= 0.3 is 0 Å². The molecule has 0 aliphatic carbocycles. The van der Waals surface area contributed by atoms with E-state index in [0.717, 1.165) is 22.9 Å². The number of sulfone groups is 1. The molecule has 0 unspecified atom stereocenters. The van der Waals surface area contributed by atoms with Crippen LogP contribution < -0.4 is 5.32 Å². The Labute approximate surface area is 161 Å². The molecule has 1 aromatic heterocycles. The zero-order chi connectivity index (χ0) is 18.6. The molecular formula is C19H19BrN2O3S. The van der Waals surface area contributed by atoms with Gasteiger partial charge in [0.25, 0.3) is 0 Å². The minimum absolute atomic E-state index is 0.0882. The van der Waals surface area contributed by atoms with Crippen molar-refractivity contribution >= 4 is 31.7 Å². The molecule has 1 heterocycles. The van der Waals surface area contributed by atoms with Crippen LogP contribution >= 0.6 is 15.9 Å². The first-order chi connectivity index (χ1) is 12.5. The molecule has 26 heavy (non-hydrogen) atoms. The van der Waals surface area contributed by atoms with Gasteiger partial charge in [-0.15, -0.1) is 0 Å². The molecule has 0 amide bonds. The Morgan fingerprint density at radius 2 is 1.77 bits per heavy atom. The second-order valence-corrected chi connectivity index (χ2v) is 8.54. The molecule has 0 atom stereocenters. The number of hydrogen-bond donors (Lipinski definition) is 1. The van der Waals surface area contributed by atoms with Gasteiger partial charge in [-0.1, -0.05) is 47.5 Å². The van der Waals surface area contributed by atoms with Gasteiger partial charge in [-0.3, -0.25) is 0 Å². The van der Waals surface area contributed by atoms with E-state index < -0.39 is 9.84 Å². The summed E-state index contributed by atoms with van der Waals surface area (Å²) in [6.07, 6.45) is 1.89. The highest BCUT2D eigenvalue weighted by molar-refractivity contribution is 9.10. The minimum Gasteiger partial charge on any atom is -0.419 e. The van der Waals surface area contributed by atoms with E-state index in [-0.39, 0.29) is 21.7 Å². The maximum atomic E-state index is 13.1. The van der Waals surface area contributed by atoms with E-state index >= 15 is 0 Å². The van der Waals surface area contributed by atoms with Gasteiger partial charge in [-0.25, -0.2) is 8.42 Å². The summed E-state index contributed by atoms with van der Waals surface area (Å²) in [6.45, 7) is 2.68. The maximum absolute atomic E-state index is 13.1. The highest BCUT2D eigenvalue weighted by Gasteiger charge is 2.28. The van der Waals surface area contributed by atoms with Gasteiger partial charge < -0.3 is 9.73 Å². The van der Waals surface area contributed by atoms with Crippen LogP contribution in [-0.2, 0) is 9.84 Å². The van der Waals surface area contributed by atoms with Crippen molar-refractivity contribution in [2.24, 2.45) is 0 Å². The lowest BCUT2D eigenvalue weighted by Crippen LogP contribution is -2.08. The molecule has 3 aromatic rings. The molecule has 1 N–H and O–H groups in total. The SMILES string of the molecule is CCCCNc1oc(-c2ccccc2)nc1S(=O)(=O)c1ccc(Br)cc1. The average Bonchev–Trinajstić information content (AvgIpc) is 3.08. The maximum Gasteiger partial charge on any atom is 0.233 e. The molecule has 0 fully saturated rings. The summed E-state index contributed by atoms with van der Waals surface area (Å²) in [5, 5.41) is 2.99. The van der Waals surface area contributed by atoms with E-state index in [4.69, 9.17) is 4.42 Å². The molecule has 0 bridgehead atoms. The number of halogens is 1. The lowest BCUT2D eigenvalue weighted by atomic mass is 10.2. The second-order valence-electron chi connectivity index (χ2n) is 5.76. The number of benzene rings is 2. The largest absolute Gasteiger partial charge is 0.419 e. The first kappa shape index (κ1) is 18.7. The molecule has 5 nitrogen and oxygen atoms in total. The minimum atomic E-state index is -3.80. The van der Waals surface area contributed by atoms with Gasteiger partial charge in [-0.2, -0.15) is 4.98 Å². The first-order valence-electron chi connectivity index (χ1n) is 8.33. The Hall–Kier alpha value is -2.12. The fourth-order valence-corrected chi connectivity index (χ4v) is 3.95. The number of hydrogen-bond acceptors (Lipinski definition) is 5. The lowest BCUT2D eigenvalue weighted by molar-refractivity contribution is 0.575. The number of nitrogens with one attached hydrogen (secondary N) is 1. The molecule has 2 aromatic carbocycles. The molecule has 0 saturated heterocycles. The quantitative estimate of drug-likeness (QED) is 0.520. The van der Waals surface area contributed by atoms with Gasteiger partial charge in [0.1, 0.15) is 0 Å². The van der Waals surface area contributed by atoms with Crippen LogP contribution in [0.2, 0.25) is 0 Å². The van der Waals surface area contributed by atoms with Crippen molar-refractivity contribution in [3.8, 4) is 11.5 Å². The average molecular weight is 435 g/mol. The molecule has 7 heteroatoms. The second kappa shape index (κ2) is 8.05. The van der Waals surface area contributed by atoms with Crippen molar-refractivity contribution in [2.75, 3.05) is 11.9 Å². The van der Waals surface area contributed by atoms with E-state index in [9.17, 15) is 8.42 Å². The zero-order valence-electron chi connectivity index (χ0n) is 14.3. The van der Waals surface area contributed by atoms with Crippen molar-refractivity contribution in [1.82, 2.24) is 4.98 Å². The molecule has 0 saturated carbocycles. The predicted molar refractivity (Wildman–Crippen MR) is 105 cm³/mol. The number of unbranched alkanes of at least 4 members (excludes halogenated alkanes) is 1. The lowest BCUT2D eigenvalue weighted by Gasteiger charge is -2.05. The van der Waals surface area contributed by atoms with Gasteiger partial charge in [0, 0.05) is 16.6 Å². The summed E-state index contributed by atoms with van der Waals surface area (Å²) in [7, 11) is -3.80. The monoisotopic (exact) mass is 434 g/mol. The van der Waals surface area contributed by atoms with Crippen molar-refractivity contribution in [3.63, 3.8) is 0 Å². The summed E-state index contributed by atoms with van der Waals surface area (Å²) < 4.78 is 32.7. The summed E-state index contributed by atoms with van der Waals surface area (Å²) in [5.74, 6) is 0.459. The van der Waals surface area contributed by atoms with Gasteiger partial charge in [0.05, 0.1) is 4.90 Å². The Kier molecular flexibility index (Phi) is 5.78. The third-order valence-corrected chi connectivity index (χ3v) is 6.02. The van der Waals surface area contributed by atoms with Gasteiger partial charge in [-0.05, 0) is 42.8 Å². The van der Waals surface area contributed by atoms with Gasteiger partial charge in [0.15, 0.2) is 0 Å². The van der Waals surface area contributed by atoms with Crippen LogP contribution in [0.1, 0.15) is 19.8 Å². The summed E-state index contributed by atoms with van der Waals surface area (Å²) in [4.78, 5) is 4.47. The number of rotatable bonds is 7. The van der Waals surface area contributed by atoms with Crippen LogP contribution in [0.25, 0.3) is 11.5 Å². The number of nitrogens with zero attached hydrogens (tertiary/aromatic N) is 1. The molecule has 0 aliphatic heterocycles. The first-order valence-corrected chi connectivity index (χ1v) is 10.6. The molecule has 136 valence electrons. The van der Waals surface area contributed by atoms with Crippen LogP contribution in [-0.4, -0.2) is 19.9 Å². The fraction of sp³-hybridized carbons (Fsp3) is 0.211. The zero-order valence-corrected chi connectivity index (χ0v) is 16.7. The van der Waals surface area contributed by atoms with Crippen LogP contribution in [0.4, 0.5) is 5.88 Å². The van der Waals surface area contributed by atoms with Crippen LogP contribution in [0.5, 0.6) is 0 Å².